The van der Waals surface area contributed by atoms with E-state index in [9.17, 15) is 4.79 Å². The van der Waals surface area contributed by atoms with E-state index in [1.165, 1.54) is 0 Å². The molecule has 2 aromatic carbocycles. The number of carbonyl (C=O) groups is 1. The second-order valence-electron chi connectivity index (χ2n) is 8.72. The average Bonchev–Trinajstić information content (AvgIpc) is 3.06. The fourth-order valence-corrected chi connectivity index (χ4v) is 4.49. The number of likely N-dealkylation sites (tertiary alicyclic amines) is 1. The Hall–Kier alpha value is -2.79. The SMILES string of the molecule is Cc1nnc(-c2ccc(C(=O)N(C)C[C@@]3(C)CCN(C)C3)cc2)c2ccccc12. The molecule has 0 saturated carbocycles. The van der Waals surface area contributed by atoms with Gasteiger partial charge in [0.15, 0.2) is 0 Å². The minimum absolute atomic E-state index is 0.0622. The molecule has 1 amide bonds. The molecule has 0 radical (unpaired) electrons. The van der Waals surface area contributed by atoms with Crippen molar-refractivity contribution in [2.75, 3.05) is 33.7 Å². The molecule has 1 saturated heterocycles. The lowest BCUT2D eigenvalue weighted by atomic mass is 9.89. The van der Waals surface area contributed by atoms with Crippen LogP contribution in [-0.4, -0.2) is 59.6 Å². The highest BCUT2D eigenvalue weighted by Crippen LogP contribution is 2.30. The van der Waals surface area contributed by atoms with Gasteiger partial charge in [0.25, 0.3) is 5.91 Å². The van der Waals surface area contributed by atoms with Crippen LogP contribution in [0.25, 0.3) is 22.0 Å². The van der Waals surface area contributed by atoms with Crippen LogP contribution in [0.15, 0.2) is 48.5 Å². The minimum atomic E-state index is 0.0622. The van der Waals surface area contributed by atoms with E-state index < -0.39 is 0 Å². The van der Waals surface area contributed by atoms with Gasteiger partial charge in [-0.2, -0.15) is 5.10 Å². The molecule has 1 atom stereocenters. The van der Waals surface area contributed by atoms with Gasteiger partial charge < -0.3 is 9.80 Å². The highest BCUT2D eigenvalue weighted by atomic mass is 16.2. The first-order valence-electron chi connectivity index (χ1n) is 10.1. The Balaban J connectivity index is 1.55. The molecular formula is C24H28N4O. The van der Waals surface area contributed by atoms with E-state index in [1.807, 2.05) is 55.3 Å². The summed E-state index contributed by atoms with van der Waals surface area (Å²) in [5.41, 5.74) is 3.60. The van der Waals surface area contributed by atoms with Gasteiger partial charge in [-0.15, -0.1) is 5.10 Å². The van der Waals surface area contributed by atoms with Crippen molar-refractivity contribution >= 4 is 16.7 Å². The average molecular weight is 389 g/mol. The molecule has 0 N–H and O–H groups in total. The Labute approximate surface area is 172 Å². The first-order valence-corrected chi connectivity index (χ1v) is 10.1. The van der Waals surface area contributed by atoms with Crippen LogP contribution in [-0.2, 0) is 0 Å². The van der Waals surface area contributed by atoms with Crippen LogP contribution in [0.2, 0.25) is 0 Å². The number of rotatable bonds is 4. The van der Waals surface area contributed by atoms with Crippen molar-refractivity contribution in [3.8, 4) is 11.3 Å². The van der Waals surface area contributed by atoms with Gasteiger partial charge in [0.2, 0.25) is 0 Å². The van der Waals surface area contributed by atoms with Crippen LogP contribution in [0.4, 0.5) is 0 Å². The Morgan fingerprint density at radius 3 is 2.45 bits per heavy atom. The minimum Gasteiger partial charge on any atom is -0.341 e. The summed E-state index contributed by atoms with van der Waals surface area (Å²) in [6.07, 6.45) is 1.12. The predicted octanol–water partition coefficient (Wildman–Crippen LogP) is 4.02. The summed E-state index contributed by atoms with van der Waals surface area (Å²) in [5, 5.41) is 10.9. The molecule has 3 aromatic rings. The van der Waals surface area contributed by atoms with Gasteiger partial charge in [0, 0.05) is 42.0 Å². The van der Waals surface area contributed by atoms with Crippen LogP contribution in [0, 0.1) is 12.3 Å². The number of carbonyl (C=O) groups excluding carboxylic acids is 1. The Bertz CT molecular complexity index is 1050. The first kappa shape index (κ1) is 19.5. The van der Waals surface area contributed by atoms with Gasteiger partial charge in [-0.1, -0.05) is 43.3 Å². The maximum absolute atomic E-state index is 12.9. The van der Waals surface area contributed by atoms with Crippen molar-refractivity contribution in [2.24, 2.45) is 5.41 Å². The van der Waals surface area contributed by atoms with E-state index in [0.29, 0.717) is 5.56 Å². The topological polar surface area (TPSA) is 49.3 Å². The molecule has 5 heteroatoms. The van der Waals surface area contributed by atoms with Crippen LogP contribution in [0.3, 0.4) is 0 Å². The summed E-state index contributed by atoms with van der Waals surface area (Å²) in [5.74, 6) is 0.0622. The predicted molar refractivity (Wildman–Crippen MR) is 117 cm³/mol. The molecule has 5 nitrogen and oxygen atoms in total. The van der Waals surface area contributed by atoms with E-state index >= 15 is 0 Å². The maximum Gasteiger partial charge on any atom is 0.253 e. The monoisotopic (exact) mass is 388 g/mol. The Kier molecular flexibility index (Phi) is 5.09. The summed E-state index contributed by atoms with van der Waals surface area (Å²) in [7, 11) is 4.04. The van der Waals surface area contributed by atoms with Crippen molar-refractivity contribution in [1.82, 2.24) is 20.0 Å². The van der Waals surface area contributed by atoms with E-state index in [0.717, 1.165) is 53.8 Å². The smallest absolute Gasteiger partial charge is 0.253 e. The largest absolute Gasteiger partial charge is 0.341 e. The molecule has 1 aromatic heterocycles. The summed E-state index contributed by atoms with van der Waals surface area (Å²) in [6.45, 7) is 7.14. The lowest BCUT2D eigenvalue weighted by Crippen LogP contribution is -2.38. The summed E-state index contributed by atoms with van der Waals surface area (Å²) < 4.78 is 0. The molecule has 1 aliphatic rings. The van der Waals surface area contributed by atoms with Gasteiger partial charge in [-0.05, 0) is 44.5 Å². The van der Waals surface area contributed by atoms with Gasteiger partial charge in [-0.25, -0.2) is 0 Å². The van der Waals surface area contributed by atoms with E-state index in [2.05, 4.69) is 41.2 Å². The lowest BCUT2D eigenvalue weighted by Gasteiger charge is -2.30. The third-order valence-corrected chi connectivity index (χ3v) is 5.99. The Morgan fingerprint density at radius 2 is 1.79 bits per heavy atom. The third kappa shape index (κ3) is 3.87. The van der Waals surface area contributed by atoms with Crippen molar-refractivity contribution < 1.29 is 4.79 Å². The highest BCUT2D eigenvalue weighted by Gasteiger charge is 2.34. The quantitative estimate of drug-likeness (QED) is 0.677. The number of fused-ring (bicyclic) bond motifs is 1. The summed E-state index contributed by atoms with van der Waals surface area (Å²) >= 11 is 0. The maximum atomic E-state index is 12.9. The Morgan fingerprint density at radius 1 is 1.10 bits per heavy atom. The summed E-state index contributed by atoms with van der Waals surface area (Å²) in [6, 6.07) is 15.9. The molecule has 4 rings (SSSR count). The van der Waals surface area contributed by atoms with Crippen LogP contribution in [0.5, 0.6) is 0 Å². The second-order valence-corrected chi connectivity index (χ2v) is 8.72. The van der Waals surface area contributed by atoms with Gasteiger partial charge in [0.1, 0.15) is 5.69 Å². The number of aryl methyl sites for hydroxylation is 1. The number of nitrogens with zero attached hydrogens (tertiary/aromatic N) is 4. The third-order valence-electron chi connectivity index (χ3n) is 5.99. The molecule has 0 unspecified atom stereocenters. The van der Waals surface area contributed by atoms with Crippen molar-refractivity contribution in [3.05, 3.63) is 59.8 Å². The lowest BCUT2D eigenvalue weighted by molar-refractivity contribution is 0.0730. The normalized spacial score (nSPS) is 19.6. The summed E-state index contributed by atoms with van der Waals surface area (Å²) in [4.78, 5) is 17.1. The fraction of sp³-hybridized carbons (Fsp3) is 0.375. The van der Waals surface area contributed by atoms with Crippen molar-refractivity contribution in [3.63, 3.8) is 0 Å². The molecule has 0 spiro atoms. The van der Waals surface area contributed by atoms with E-state index in [1.54, 1.807) is 0 Å². The van der Waals surface area contributed by atoms with Gasteiger partial charge >= 0.3 is 0 Å². The van der Waals surface area contributed by atoms with Crippen molar-refractivity contribution in [2.45, 2.75) is 20.3 Å². The molecular weight excluding hydrogens is 360 g/mol. The number of hydrogen-bond donors (Lipinski definition) is 0. The molecule has 29 heavy (non-hydrogen) atoms. The second kappa shape index (κ2) is 7.56. The number of amides is 1. The molecule has 0 bridgehead atoms. The highest BCUT2D eigenvalue weighted by molar-refractivity contribution is 5.97. The molecule has 0 aliphatic carbocycles. The molecule has 1 fully saturated rings. The van der Waals surface area contributed by atoms with Crippen molar-refractivity contribution in [1.29, 1.82) is 0 Å². The standard InChI is InChI=1S/C24H28N4O/c1-17-20-7-5-6-8-21(20)22(26-25-17)18-9-11-19(12-10-18)23(29)28(4)16-24(2)13-14-27(3)15-24/h5-12H,13-16H2,1-4H3/t24-/m0/s1. The number of hydrogen-bond acceptors (Lipinski definition) is 4. The van der Waals surface area contributed by atoms with E-state index in [-0.39, 0.29) is 11.3 Å². The number of benzene rings is 2. The van der Waals surface area contributed by atoms with Gasteiger partial charge in [-0.3, -0.25) is 4.79 Å². The zero-order valence-corrected chi connectivity index (χ0v) is 17.6. The van der Waals surface area contributed by atoms with Gasteiger partial charge in [0.05, 0.1) is 5.69 Å². The zero-order valence-electron chi connectivity index (χ0n) is 17.6. The number of aromatic nitrogens is 2. The zero-order chi connectivity index (χ0) is 20.6. The molecule has 150 valence electrons. The van der Waals surface area contributed by atoms with E-state index in [4.69, 9.17) is 0 Å². The molecule has 2 heterocycles. The van der Waals surface area contributed by atoms with Crippen LogP contribution in [0.1, 0.15) is 29.4 Å². The fourth-order valence-electron chi connectivity index (χ4n) is 4.49. The van der Waals surface area contributed by atoms with Crippen LogP contribution >= 0.6 is 0 Å². The molecule has 1 aliphatic heterocycles. The van der Waals surface area contributed by atoms with Crippen LogP contribution < -0.4 is 0 Å². The first-order chi connectivity index (χ1) is 13.9.